The number of amides is 2. The van der Waals surface area contributed by atoms with E-state index in [4.69, 9.17) is 18.6 Å². The number of nitrogens with zero attached hydrogens (tertiary/aromatic N) is 5. The van der Waals surface area contributed by atoms with E-state index in [2.05, 4.69) is 52.3 Å². The molecule has 15 nitrogen and oxygen atoms in total. The molecule has 2 heterocycles. The summed E-state index contributed by atoms with van der Waals surface area (Å²) in [5.74, 6) is -1.56. The third-order valence-corrected chi connectivity index (χ3v) is 4.99. The van der Waals surface area contributed by atoms with E-state index in [0.717, 1.165) is 10.6 Å². The second kappa shape index (κ2) is 12.3. The van der Waals surface area contributed by atoms with E-state index in [1.54, 1.807) is 41.5 Å². The summed E-state index contributed by atoms with van der Waals surface area (Å²) in [5.41, 5.74) is -1.30. The Kier molecular flexibility index (Phi) is 9.28. The largest absolute Gasteiger partial charge is 0.446 e. The highest BCUT2D eigenvalue weighted by atomic mass is 79.9. The molecule has 0 radical (unpaired) electrons. The van der Waals surface area contributed by atoms with Gasteiger partial charge in [0.1, 0.15) is 17.0 Å². The van der Waals surface area contributed by atoms with Crippen molar-refractivity contribution in [2.45, 2.75) is 52.7 Å². The second-order valence-electron chi connectivity index (χ2n) is 10.1. The van der Waals surface area contributed by atoms with E-state index in [9.17, 15) is 18.8 Å². The molecule has 0 saturated heterocycles. The molecular formula is C23H28BrFN8O7. The summed E-state index contributed by atoms with van der Waals surface area (Å²) in [6.07, 6.45) is -1.68. The first-order valence-electron chi connectivity index (χ1n) is 11.8. The van der Waals surface area contributed by atoms with Crippen LogP contribution in [0.4, 0.5) is 19.8 Å². The molecule has 2 aromatic heterocycles. The van der Waals surface area contributed by atoms with E-state index in [1.807, 2.05) is 0 Å². The lowest BCUT2D eigenvalue weighted by atomic mass is 10.2. The summed E-state index contributed by atoms with van der Waals surface area (Å²) in [7, 11) is 0. The lowest BCUT2D eigenvalue weighted by Crippen LogP contribution is -2.47. The molecule has 3 aromatic rings. The molecule has 0 saturated carbocycles. The highest BCUT2D eigenvalue weighted by Gasteiger charge is 2.24. The number of hydrogen-bond donors (Lipinski definition) is 3. The number of anilines is 1. The SMILES string of the molecule is CC(C)(C)OC(=O)NC(=NCCNc1nonc1-c1noc(=O)n1-c1ccc(F)c(Br)c1)NC(=O)OC(C)(C)C. The van der Waals surface area contributed by atoms with Gasteiger partial charge in [-0.25, -0.2) is 28.0 Å². The molecule has 216 valence electrons. The summed E-state index contributed by atoms with van der Waals surface area (Å²) in [4.78, 5) is 41.0. The average molecular weight is 627 g/mol. The fourth-order valence-corrected chi connectivity index (χ4v) is 3.32. The van der Waals surface area contributed by atoms with Gasteiger partial charge in [-0.15, -0.1) is 0 Å². The van der Waals surface area contributed by atoms with Crippen molar-refractivity contribution in [2.24, 2.45) is 4.99 Å². The molecule has 0 bridgehead atoms. The normalized spacial score (nSPS) is 11.5. The van der Waals surface area contributed by atoms with Gasteiger partial charge >= 0.3 is 17.9 Å². The van der Waals surface area contributed by atoms with Gasteiger partial charge in [0.25, 0.3) is 0 Å². The zero-order valence-electron chi connectivity index (χ0n) is 22.5. The molecule has 17 heteroatoms. The van der Waals surface area contributed by atoms with Gasteiger partial charge in [0, 0.05) is 6.54 Å². The van der Waals surface area contributed by atoms with Crippen molar-refractivity contribution < 1.29 is 32.6 Å². The van der Waals surface area contributed by atoms with Gasteiger partial charge in [0.15, 0.2) is 5.69 Å². The van der Waals surface area contributed by atoms with Crippen LogP contribution in [0.15, 0.2) is 41.6 Å². The van der Waals surface area contributed by atoms with E-state index in [-0.39, 0.29) is 46.5 Å². The number of alkyl carbamates (subject to hydrolysis) is 2. The lowest BCUT2D eigenvalue weighted by Gasteiger charge is -2.22. The van der Waals surface area contributed by atoms with Crippen LogP contribution in [0.2, 0.25) is 0 Å². The quantitative estimate of drug-likeness (QED) is 0.206. The van der Waals surface area contributed by atoms with Crippen molar-refractivity contribution in [3.8, 4) is 17.2 Å². The van der Waals surface area contributed by atoms with Crippen LogP contribution < -0.4 is 21.7 Å². The van der Waals surface area contributed by atoms with Crippen LogP contribution >= 0.6 is 15.9 Å². The molecule has 0 aliphatic carbocycles. The fourth-order valence-electron chi connectivity index (χ4n) is 2.96. The maximum atomic E-state index is 13.7. The third kappa shape index (κ3) is 8.62. The number of carbonyl (C=O) groups is 2. The van der Waals surface area contributed by atoms with Gasteiger partial charge in [0.2, 0.25) is 17.6 Å². The smallest absolute Gasteiger partial charge is 0.444 e. The molecule has 2 amide bonds. The van der Waals surface area contributed by atoms with Gasteiger partial charge in [-0.2, -0.15) is 0 Å². The topological polar surface area (TPSA) is 188 Å². The highest BCUT2D eigenvalue weighted by Crippen LogP contribution is 2.26. The maximum Gasteiger partial charge on any atom is 0.446 e. The van der Waals surface area contributed by atoms with Gasteiger partial charge in [-0.3, -0.25) is 20.1 Å². The standard InChI is InChI=1S/C23H28BrFN8O7/c1-22(2,3)37-19(34)28-18(29-20(35)38-23(4,5)6)27-10-9-26-16-15(30-40-31-16)17-32-39-21(36)33(17)12-7-8-14(25)13(24)11-12/h7-8,11H,9-10H2,1-6H3,(H,26,31)(H2,27,28,29,34,35). The number of nitrogens with one attached hydrogen (secondary N) is 3. The van der Waals surface area contributed by atoms with Crippen LogP contribution in [0.25, 0.3) is 17.2 Å². The average Bonchev–Trinajstić information content (AvgIpc) is 3.42. The number of guanidine groups is 1. The molecule has 1 aromatic carbocycles. The number of halogens is 2. The molecular weight excluding hydrogens is 599 g/mol. The van der Waals surface area contributed by atoms with Crippen molar-refractivity contribution in [2.75, 3.05) is 18.4 Å². The van der Waals surface area contributed by atoms with Crippen LogP contribution in [-0.4, -0.2) is 62.5 Å². The first-order chi connectivity index (χ1) is 18.6. The second-order valence-corrected chi connectivity index (χ2v) is 10.9. The summed E-state index contributed by atoms with van der Waals surface area (Å²) < 4.78 is 34.9. The van der Waals surface area contributed by atoms with E-state index in [1.165, 1.54) is 12.1 Å². The van der Waals surface area contributed by atoms with Crippen molar-refractivity contribution in [1.29, 1.82) is 0 Å². The summed E-state index contributed by atoms with van der Waals surface area (Å²) in [6.45, 7) is 10.2. The molecule has 0 aliphatic heterocycles. The molecule has 0 atom stereocenters. The monoisotopic (exact) mass is 626 g/mol. The third-order valence-electron chi connectivity index (χ3n) is 4.38. The Morgan fingerprint density at radius 3 is 2.25 bits per heavy atom. The van der Waals surface area contributed by atoms with Crippen LogP contribution in [-0.2, 0) is 9.47 Å². The number of benzene rings is 1. The maximum absolute atomic E-state index is 13.7. The number of carbonyl (C=O) groups excluding carboxylic acids is 2. The minimum absolute atomic E-state index is 0.00373. The summed E-state index contributed by atoms with van der Waals surface area (Å²) in [5, 5.41) is 18.9. The number of rotatable bonds is 6. The minimum atomic E-state index is -0.849. The number of aromatic nitrogens is 4. The van der Waals surface area contributed by atoms with Crippen molar-refractivity contribution >= 4 is 39.9 Å². The van der Waals surface area contributed by atoms with E-state index in [0.29, 0.717) is 0 Å². The molecule has 40 heavy (non-hydrogen) atoms. The number of aliphatic imine (C=N–C) groups is 1. The van der Waals surface area contributed by atoms with Crippen molar-refractivity contribution in [1.82, 2.24) is 30.7 Å². The first kappa shape index (κ1) is 30.3. The predicted molar refractivity (Wildman–Crippen MR) is 143 cm³/mol. The fraction of sp³-hybridized carbons (Fsp3) is 0.435. The Morgan fingerprint density at radius 2 is 1.68 bits per heavy atom. The highest BCUT2D eigenvalue weighted by molar-refractivity contribution is 9.10. The van der Waals surface area contributed by atoms with Crippen molar-refractivity contribution in [3.63, 3.8) is 0 Å². The summed E-state index contributed by atoms with van der Waals surface area (Å²) >= 11 is 3.07. The Morgan fingerprint density at radius 1 is 1.05 bits per heavy atom. The molecule has 0 unspecified atom stereocenters. The Hall–Kier alpha value is -4.28. The summed E-state index contributed by atoms with van der Waals surface area (Å²) in [6, 6.07) is 3.88. The van der Waals surface area contributed by atoms with Gasteiger partial charge in [0.05, 0.1) is 16.7 Å². The molecule has 0 aliphatic rings. The van der Waals surface area contributed by atoms with Gasteiger partial charge < -0.3 is 14.8 Å². The Bertz CT molecular complexity index is 1420. The van der Waals surface area contributed by atoms with Crippen molar-refractivity contribution in [3.05, 3.63) is 39.0 Å². The lowest BCUT2D eigenvalue weighted by molar-refractivity contribution is 0.0545. The zero-order valence-corrected chi connectivity index (χ0v) is 24.1. The molecule has 0 fully saturated rings. The van der Waals surface area contributed by atoms with Crippen LogP contribution in [0.3, 0.4) is 0 Å². The Balaban J connectivity index is 1.75. The van der Waals surface area contributed by atoms with Crippen LogP contribution in [0.1, 0.15) is 41.5 Å². The number of hydrogen-bond acceptors (Lipinski definition) is 12. The van der Waals surface area contributed by atoms with Gasteiger partial charge in [-0.1, -0.05) is 5.16 Å². The Labute approximate surface area is 235 Å². The van der Waals surface area contributed by atoms with E-state index < -0.39 is 35.0 Å². The molecule has 3 rings (SSSR count). The molecule has 0 spiro atoms. The number of ether oxygens (including phenoxy) is 2. The minimum Gasteiger partial charge on any atom is -0.444 e. The van der Waals surface area contributed by atoms with Crippen LogP contribution in [0.5, 0.6) is 0 Å². The predicted octanol–water partition coefficient (Wildman–Crippen LogP) is 3.59. The first-order valence-corrected chi connectivity index (χ1v) is 12.6. The van der Waals surface area contributed by atoms with E-state index >= 15 is 0 Å². The zero-order chi connectivity index (χ0) is 29.7. The van der Waals surface area contributed by atoms with Crippen LogP contribution in [0, 0.1) is 5.82 Å². The molecule has 3 N–H and O–H groups in total. The van der Waals surface area contributed by atoms with Gasteiger partial charge in [-0.05, 0) is 86.0 Å².